The summed E-state index contributed by atoms with van der Waals surface area (Å²) in [5, 5.41) is 101. The van der Waals surface area contributed by atoms with Gasteiger partial charge in [-0.25, -0.2) is 14.4 Å². The second-order valence-electron chi connectivity index (χ2n) is 5.80. The van der Waals surface area contributed by atoms with Gasteiger partial charge in [-0.2, -0.15) is 0 Å². The van der Waals surface area contributed by atoms with Crippen LogP contribution in [0, 0.1) is 0 Å². The van der Waals surface area contributed by atoms with Crippen LogP contribution in [0.2, 0.25) is 0 Å². The molecule has 0 saturated heterocycles. The van der Waals surface area contributed by atoms with Gasteiger partial charge >= 0.3 is 17.9 Å². The predicted octanol–water partition coefficient (Wildman–Crippen LogP) is -5.48. The third-order valence-electron chi connectivity index (χ3n) is 3.10. The third kappa shape index (κ3) is 17.0. The van der Waals surface area contributed by atoms with E-state index in [0.29, 0.717) is 0 Å². The van der Waals surface area contributed by atoms with Crippen molar-refractivity contribution in [1.82, 2.24) is 0 Å². The molecule has 0 aromatic heterocycles. The van der Waals surface area contributed by atoms with Gasteiger partial charge < -0.3 is 61.3 Å². The van der Waals surface area contributed by atoms with Gasteiger partial charge in [-0.1, -0.05) is 0 Å². The van der Waals surface area contributed by atoms with E-state index in [1.165, 1.54) is 6.92 Å². The van der Waals surface area contributed by atoms with Crippen LogP contribution in [0.15, 0.2) is 0 Å². The number of carbonyl (C=O) groups is 3. The summed E-state index contributed by atoms with van der Waals surface area (Å²) in [5.74, 6) is -4.43. The molecule has 0 heterocycles. The Labute approximate surface area is 170 Å². The second-order valence-corrected chi connectivity index (χ2v) is 5.80. The minimum absolute atomic E-state index is 0.131. The lowest BCUT2D eigenvalue weighted by Gasteiger charge is -2.15. The van der Waals surface area contributed by atoms with Gasteiger partial charge in [0.25, 0.3) is 0 Å². The maximum Gasteiger partial charge on any atom is 0.335 e. The molecule has 180 valence electrons. The Hall–Kier alpha value is -1.95. The summed E-state index contributed by atoms with van der Waals surface area (Å²) in [7, 11) is 0. The quantitative estimate of drug-likeness (QED) is 0.140. The molecule has 0 amide bonds. The van der Waals surface area contributed by atoms with Gasteiger partial charge in [0.2, 0.25) is 0 Å². The van der Waals surface area contributed by atoms with Crippen LogP contribution in [-0.2, 0) is 14.4 Å². The van der Waals surface area contributed by atoms with E-state index in [2.05, 4.69) is 0 Å². The number of hydrogen-bond donors (Lipinski definition) is 12. The summed E-state index contributed by atoms with van der Waals surface area (Å²) < 4.78 is 0. The molecule has 0 aromatic rings. The highest BCUT2D eigenvalue weighted by atomic mass is 16.4. The average Bonchev–Trinajstić information content (AvgIpc) is 2.66. The van der Waals surface area contributed by atoms with E-state index in [1.807, 2.05) is 0 Å². The van der Waals surface area contributed by atoms with Gasteiger partial charge in [-0.3, -0.25) is 0 Å². The molecule has 15 nitrogen and oxygen atoms in total. The van der Waals surface area contributed by atoms with Crippen LogP contribution in [0.4, 0.5) is 0 Å². The zero-order chi connectivity index (χ0) is 24.6. The maximum atomic E-state index is 9.92. The fourth-order valence-electron chi connectivity index (χ4n) is 1.30. The first-order valence-corrected chi connectivity index (χ1v) is 8.30. The highest BCUT2D eigenvalue weighted by Gasteiger charge is 2.27. The number of carboxylic acids is 3. The lowest BCUT2D eigenvalue weighted by molar-refractivity contribution is -0.157. The molecular formula is C15H30O15. The molecule has 0 aliphatic heterocycles. The fraction of sp³-hybridized carbons (Fsp3) is 0.800. The number of aliphatic hydroxyl groups excluding tert-OH is 9. The SMILES string of the molecule is CC(O)C(O)C(O)C(=O)O.O=C(O)C(O)C(O)CCO.O=C(O)C(O)CC(O)CO. The van der Waals surface area contributed by atoms with Crippen molar-refractivity contribution in [1.29, 1.82) is 0 Å². The van der Waals surface area contributed by atoms with E-state index in [9.17, 15) is 14.4 Å². The van der Waals surface area contributed by atoms with Crippen molar-refractivity contribution in [2.75, 3.05) is 13.2 Å². The van der Waals surface area contributed by atoms with Crippen LogP contribution < -0.4 is 0 Å². The number of aliphatic hydroxyl groups is 9. The Bertz CT molecular complexity index is 483. The summed E-state index contributed by atoms with van der Waals surface area (Å²) in [6, 6.07) is 0. The number of hydrogen-bond acceptors (Lipinski definition) is 12. The summed E-state index contributed by atoms with van der Waals surface area (Å²) in [6.45, 7) is 0.312. The van der Waals surface area contributed by atoms with Crippen LogP contribution in [0.5, 0.6) is 0 Å². The molecule has 0 aliphatic rings. The minimum Gasteiger partial charge on any atom is -0.479 e. The molecule has 12 N–H and O–H groups in total. The largest absolute Gasteiger partial charge is 0.479 e. The van der Waals surface area contributed by atoms with Crippen molar-refractivity contribution in [3.63, 3.8) is 0 Å². The van der Waals surface area contributed by atoms with Crippen molar-refractivity contribution >= 4 is 17.9 Å². The Morgan fingerprint density at radius 3 is 1.40 bits per heavy atom. The number of rotatable bonds is 11. The lowest BCUT2D eigenvalue weighted by atomic mass is 10.1. The molecular weight excluding hydrogens is 420 g/mol. The van der Waals surface area contributed by atoms with Crippen molar-refractivity contribution < 1.29 is 75.7 Å². The van der Waals surface area contributed by atoms with Crippen LogP contribution in [0.1, 0.15) is 19.8 Å². The fourth-order valence-corrected chi connectivity index (χ4v) is 1.30. The van der Waals surface area contributed by atoms with Crippen LogP contribution in [0.3, 0.4) is 0 Å². The molecule has 0 aliphatic carbocycles. The Balaban J connectivity index is -0.000000364. The smallest absolute Gasteiger partial charge is 0.335 e. The highest BCUT2D eigenvalue weighted by molar-refractivity contribution is 5.73. The monoisotopic (exact) mass is 450 g/mol. The standard InChI is InChI=1S/3C5H10O5/c6-2-3(7)1-4(8)5(9)10;1-2(6)3(7)4(8)5(9)10;6-2-1-3(7)4(8)5(9)10/h3-4,6-8H,1-2H2,(H,9,10);2-4,6-8H,1H3,(H,9,10);3-4,6-8H,1-2H2,(H,9,10). The zero-order valence-electron chi connectivity index (χ0n) is 16.0. The second kappa shape index (κ2) is 17.9. The van der Waals surface area contributed by atoms with Crippen LogP contribution in [-0.4, -0.2) is 135 Å². The van der Waals surface area contributed by atoms with Gasteiger partial charge in [-0.05, 0) is 13.3 Å². The first kappa shape index (κ1) is 32.7. The lowest BCUT2D eigenvalue weighted by Crippen LogP contribution is -2.40. The molecule has 0 radical (unpaired) electrons. The van der Waals surface area contributed by atoms with Crippen molar-refractivity contribution in [3.8, 4) is 0 Å². The number of carboxylic acid groups (broad SMARTS) is 3. The molecule has 0 fully saturated rings. The minimum atomic E-state index is -1.92. The van der Waals surface area contributed by atoms with Gasteiger partial charge in [0.1, 0.15) is 6.10 Å². The van der Waals surface area contributed by atoms with E-state index in [-0.39, 0.29) is 19.4 Å². The van der Waals surface area contributed by atoms with E-state index in [0.717, 1.165) is 0 Å². The molecule has 0 saturated carbocycles. The zero-order valence-corrected chi connectivity index (χ0v) is 16.0. The predicted molar refractivity (Wildman–Crippen MR) is 94.0 cm³/mol. The van der Waals surface area contributed by atoms with Gasteiger partial charge in [0, 0.05) is 13.0 Å². The van der Waals surface area contributed by atoms with Crippen molar-refractivity contribution in [3.05, 3.63) is 0 Å². The molecule has 15 heteroatoms. The molecule has 0 aromatic carbocycles. The summed E-state index contributed by atoms with van der Waals surface area (Å²) in [6.07, 6.45) is -11.2. The molecule has 7 atom stereocenters. The van der Waals surface area contributed by atoms with Gasteiger partial charge in [-0.15, -0.1) is 0 Å². The summed E-state index contributed by atoms with van der Waals surface area (Å²) in [5.41, 5.74) is 0. The van der Waals surface area contributed by atoms with E-state index in [4.69, 9.17) is 61.3 Å². The summed E-state index contributed by atoms with van der Waals surface area (Å²) >= 11 is 0. The average molecular weight is 450 g/mol. The van der Waals surface area contributed by atoms with Crippen LogP contribution >= 0.6 is 0 Å². The topological polar surface area (TPSA) is 294 Å². The third-order valence-corrected chi connectivity index (χ3v) is 3.10. The van der Waals surface area contributed by atoms with Gasteiger partial charge in [0.15, 0.2) is 18.3 Å². The molecule has 7 unspecified atom stereocenters. The number of aliphatic carboxylic acids is 3. The van der Waals surface area contributed by atoms with E-state index in [1.54, 1.807) is 0 Å². The van der Waals surface area contributed by atoms with Crippen molar-refractivity contribution in [2.24, 2.45) is 0 Å². The van der Waals surface area contributed by atoms with E-state index < -0.39 is 67.2 Å². The maximum absolute atomic E-state index is 9.92. The summed E-state index contributed by atoms with van der Waals surface area (Å²) in [4.78, 5) is 29.8. The Morgan fingerprint density at radius 1 is 0.733 bits per heavy atom. The molecule has 0 spiro atoms. The molecule has 30 heavy (non-hydrogen) atoms. The van der Waals surface area contributed by atoms with E-state index >= 15 is 0 Å². The first-order chi connectivity index (χ1) is 13.6. The Morgan fingerprint density at radius 2 is 1.17 bits per heavy atom. The normalized spacial score (nSPS) is 17.4. The first-order valence-electron chi connectivity index (χ1n) is 8.30. The highest BCUT2D eigenvalue weighted by Crippen LogP contribution is 1.99. The molecule has 0 rings (SSSR count). The molecule has 0 bridgehead atoms. The van der Waals surface area contributed by atoms with Crippen molar-refractivity contribution in [2.45, 2.75) is 62.5 Å². The van der Waals surface area contributed by atoms with Crippen LogP contribution in [0.25, 0.3) is 0 Å². The van der Waals surface area contributed by atoms with Gasteiger partial charge in [0.05, 0.1) is 24.9 Å². The Kier molecular flexibility index (Phi) is 19.5.